The van der Waals surface area contributed by atoms with Gasteiger partial charge >= 0.3 is 6.18 Å². The van der Waals surface area contributed by atoms with E-state index in [-0.39, 0.29) is 0 Å². The fourth-order valence-electron chi connectivity index (χ4n) is 1.02. The highest BCUT2D eigenvalue weighted by Crippen LogP contribution is 2.32. The highest BCUT2D eigenvalue weighted by Gasteiger charge is 2.30. The van der Waals surface area contributed by atoms with Crippen LogP contribution in [0.4, 0.5) is 13.2 Å². The van der Waals surface area contributed by atoms with Gasteiger partial charge in [-0.15, -0.1) is 11.8 Å². The van der Waals surface area contributed by atoms with Crippen LogP contribution in [0, 0.1) is 10.8 Å². The summed E-state index contributed by atoms with van der Waals surface area (Å²) in [7, 11) is 0. The quantitative estimate of drug-likeness (QED) is 0.554. The fraction of sp³-hybridized carbons (Fsp3) is 0.200. The van der Waals surface area contributed by atoms with Gasteiger partial charge in [-0.3, -0.25) is 0 Å². The Hall–Kier alpha value is -0.600. The van der Waals surface area contributed by atoms with Crippen LogP contribution >= 0.6 is 27.7 Å². The van der Waals surface area contributed by atoms with Crippen LogP contribution in [0.3, 0.4) is 0 Å². The van der Waals surface area contributed by atoms with Gasteiger partial charge in [-0.05, 0) is 29.3 Å². The van der Waals surface area contributed by atoms with E-state index < -0.39 is 11.7 Å². The van der Waals surface area contributed by atoms with Crippen LogP contribution in [0.5, 0.6) is 0 Å². The minimum absolute atomic E-state index is 0.525. The van der Waals surface area contributed by atoms with E-state index in [1.165, 1.54) is 17.8 Å². The maximum absolute atomic E-state index is 12.4. The molecule has 0 atom stereocenters. The number of rotatable bonds is 1. The van der Waals surface area contributed by atoms with E-state index in [1.54, 1.807) is 6.26 Å². The van der Waals surface area contributed by atoms with Gasteiger partial charge in [0.25, 0.3) is 0 Å². The maximum atomic E-state index is 12.4. The molecule has 0 N–H and O–H groups in total. The fourth-order valence-corrected chi connectivity index (χ4v) is 1.82. The van der Waals surface area contributed by atoms with Crippen molar-refractivity contribution in [1.29, 1.82) is 0 Å². The van der Waals surface area contributed by atoms with E-state index >= 15 is 0 Å². The number of alkyl halides is 3. The maximum Gasteiger partial charge on any atom is 0.416 e. The Morgan fingerprint density at radius 3 is 2.47 bits per heavy atom. The summed E-state index contributed by atoms with van der Waals surface area (Å²) in [5, 5.41) is 0. The molecule has 0 heterocycles. The first-order valence-corrected chi connectivity index (χ1v) is 5.87. The number of benzene rings is 1. The molecule has 0 aliphatic heterocycles. The minimum Gasteiger partial charge on any atom is -0.166 e. The van der Waals surface area contributed by atoms with Crippen LogP contribution < -0.4 is 0 Å². The van der Waals surface area contributed by atoms with Crippen molar-refractivity contribution in [2.24, 2.45) is 0 Å². The standard InChI is InChI=1S/C10H6BrF3S/c1-15-9-6-8(10(12,13)14)3-2-7(9)4-5-11/h2-3,6H,1H3. The molecule has 0 aliphatic carbocycles. The molecular formula is C10H6BrF3S. The monoisotopic (exact) mass is 294 g/mol. The third kappa shape index (κ3) is 3.18. The number of halogens is 4. The molecule has 0 unspecified atom stereocenters. The Balaban J connectivity index is 3.23. The number of hydrogen-bond acceptors (Lipinski definition) is 1. The van der Waals surface area contributed by atoms with Crippen molar-refractivity contribution in [3.63, 3.8) is 0 Å². The van der Waals surface area contributed by atoms with Crippen LogP contribution in [0.1, 0.15) is 11.1 Å². The SMILES string of the molecule is CSc1cc(C(F)(F)F)ccc1C#CBr. The summed E-state index contributed by atoms with van der Waals surface area (Å²) in [6.07, 6.45) is -2.58. The largest absolute Gasteiger partial charge is 0.416 e. The van der Waals surface area contributed by atoms with Crippen LogP contribution in [-0.2, 0) is 6.18 Å². The lowest BCUT2D eigenvalue weighted by Crippen LogP contribution is -2.05. The third-order valence-electron chi connectivity index (χ3n) is 1.71. The van der Waals surface area contributed by atoms with Gasteiger partial charge in [-0.25, -0.2) is 0 Å². The molecule has 0 spiro atoms. The molecule has 0 amide bonds. The third-order valence-corrected chi connectivity index (χ3v) is 2.69. The molecule has 0 aromatic heterocycles. The number of thioether (sulfide) groups is 1. The van der Waals surface area contributed by atoms with E-state index in [2.05, 4.69) is 26.7 Å². The van der Waals surface area contributed by atoms with Crippen molar-refractivity contribution in [3.8, 4) is 10.8 Å². The van der Waals surface area contributed by atoms with Gasteiger partial charge in [-0.2, -0.15) is 13.2 Å². The number of hydrogen-bond donors (Lipinski definition) is 0. The predicted molar refractivity (Wildman–Crippen MR) is 59.0 cm³/mol. The second-order valence-electron chi connectivity index (χ2n) is 2.63. The molecule has 0 aliphatic rings. The molecule has 0 saturated heterocycles. The molecule has 1 rings (SSSR count). The van der Waals surface area contributed by atoms with Gasteiger partial charge in [0.2, 0.25) is 0 Å². The zero-order chi connectivity index (χ0) is 11.5. The molecule has 0 nitrogen and oxygen atoms in total. The smallest absolute Gasteiger partial charge is 0.166 e. The molecule has 1 aromatic rings. The first-order chi connectivity index (χ1) is 6.99. The van der Waals surface area contributed by atoms with E-state index in [9.17, 15) is 13.2 Å². The molecule has 0 fully saturated rings. The second-order valence-corrected chi connectivity index (χ2v) is 3.88. The highest BCUT2D eigenvalue weighted by atomic mass is 79.9. The Morgan fingerprint density at radius 2 is 2.00 bits per heavy atom. The van der Waals surface area contributed by atoms with Crippen molar-refractivity contribution < 1.29 is 13.2 Å². The lowest BCUT2D eigenvalue weighted by atomic mass is 10.1. The summed E-state index contributed by atoms with van der Waals surface area (Å²) in [5.41, 5.74) is -0.0562. The molecule has 0 bridgehead atoms. The summed E-state index contributed by atoms with van der Waals surface area (Å²) in [5.74, 6) is 2.68. The van der Waals surface area contributed by atoms with Crippen LogP contribution in [0.2, 0.25) is 0 Å². The van der Waals surface area contributed by atoms with Gasteiger partial charge in [0.15, 0.2) is 0 Å². The first kappa shape index (κ1) is 12.5. The molecule has 80 valence electrons. The minimum atomic E-state index is -4.30. The van der Waals surface area contributed by atoms with Crippen LogP contribution in [0.25, 0.3) is 0 Å². The van der Waals surface area contributed by atoms with Gasteiger partial charge in [0, 0.05) is 26.4 Å². The van der Waals surface area contributed by atoms with Gasteiger partial charge < -0.3 is 0 Å². The lowest BCUT2D eigenvalue weighted by molar-refractivity contribution is -0.137. The van der Waals surface area contributed by atoms with E-state index in [1.807, 2.05) is 0 Å². The molecular weight excluding hydrogens is 289 g/mol. The molecule has 0 saturated carbocycles. The molecule has 1 aromatic carbocycles. The Kier molecular flexibility index (Phi) is 4.12. The Morgan fingerprint density at radius 1 is 1.33 bits per heavy atom. The van der Waals surface area contributed by atoms with Crippen molar-refractivity contribution >= 4 is 27.7 Å². The normalized spacial score (nSPS) is 10.7. The summed E-state index contributed by atoms with van der Waals surface area (Å²) >= 11 is 4.16. The predicted octanol–water partition coefficient (Wildman–Crippen LogP) is 4.13. The van der Waals surface area contributed by atoms with E-state index in [4.69, 9.17) is 0 Å². The Bertz CT molecular complexity index is 415. The van der Waals surface area contributed by atoms with Crippen LogP contribution in [-0.4, -0.2) is 6.26 Å². The topological polar surface area (TPSA) is 0 Å². The van der Waals surface area contributed by atoms with Gasteiger partial charge in [0.1, 0.15) is 0 Å². The summed E-state index contributed by atoms with van der Waals surface area (Å²) in [4.78, 5) is 3.01. The zero-order valence-electron chi connectivity index (χ0n) is 7.65. The lowest BCUT2D eigenvalue weighted by Gasteiger charge is -2.08. The zero-order valence-corrected chi connectivity index (χ0v) is 10.1. The van der Waals surface area contributed by atoms with E-state index in [0.29, 0.717) is 10.5 Å². The van der Waals surface area contributed by atoms with Crippen molar-refractivity contribution in [2.45, 2.75) is 11.1 Å². The van der Waals surface area contributed by atoms with E-state index in [0.717, 1.165) is 12.1 Å². The summed E-state index contributed by atoms with van der Waals surface area (Å²) in [6, 6.07) is 3.52. The Labute approximate surface area is 98.4 Å². The first-order valence-electron chi connectivity index (χ1n) is 3.86. The van der Waals surface area contributed by atoms with Crippen molar-refractivity contribution in [3.05, 3.63) is 29.3 Å². The van der Waals surface area contributed by atoms with Crippen molar-refractivity contribution in [2.75, 3.05) is 6.26 Å². The molecule has 0 radical (unpaired) electrons. The molecule has 15 heavy (non-hydrogen) atoms. The average Bonchev–Trinajstić information content (AvgIpc) is 2.17. The molecule has 5 heteroatoms. The van der Waals surface area contributed by atoms with Gasteiger partial charge in [0.05, 0.1) is 5.56 Å². The van der Waals surface area contributed by atoms with Crippen LogP contribution in [0.15, 0.2) is 23.1 Å². The summed E-state index contributed by atoms with van der Waals surface area (Å²) in [6.45, 7) is 0. The van der Waals surface area contributed by atoms with Gasteiger partial charge in [-0.1, -0.05) is 5.92 Å². The average molecular weight is 295 g/mol. The summed E-state index contributed by atoms with van der Waals surface area (Å²) < 4.78 is 37.1. The highest BCUT2D eigenvalue weighted by molar-refractivity contribution is 9.12. The van der Waals surface area contributed by atoms with Crippen molar-refractivity contribution in [1.82, 2.24) is 0 Å². The second kappa shape index (κ2) is 4.95.